The highest BCUT2D eigenvalue weighted by Gasteiger charge is 2.09. The van der Waals surface area contributed by atoms with Crippen LogP contribution in [0.1, 0.15) is 12.2 Å². The second-order valence-corrected chi connectivity index (χ2v) is 6.06. The van der Waals surface area contributed by atoms with Crippen LogP contribution in [0.3, 0.4) is 0 Å². The van der Waals surface area contributed by atoms with E-state index in [9.17, 15) is 0 Å². The fraction of sp³-hybridized carbons (Fsp3) is 0.722. The van der Waals surface area contributed by atoms with E-state index in [0.717, 1.165) is 70.5 Å². The smallest absolute Gasteiger partial charge is 0.191 e. The maximum Gasteiger partial charge on any atom is 0.191 e. The number of aliphatic imine (C=N–C) groups is 1. The van der Waals surface area contributed by atoms with Crippen LogP contribution in [0.2, 0.25) is 0 Å². The first-order valence-electron chi connectivity index (χ1n) is 9.42. The van der Waals surface area contributed by atoms with Crippen LogP contribution in [0, 0.1) is 0 Å². The van der Waals surface area contributed by atoms with Crippen LogP contribution in [0.25, 0.3) is 0 Å². The number of nitrogens with zero attached hydrogens (tertiary/aromatic N) is 2. The topological polar surface area (TPSA) is 91.5 Å². The largest absolute Gasteiger partial charge is 0.469 e. The zero-order valence-corrected chi connectivity index (χ0v) is 15.5. The van der Waals surface area contributed by atoms with Crippen molar-refractivity contribution < 1.29 is 19.0 Å². The van der Waals surface area contributed by atoms with Gasteiger partial charge in [-0.3, -0.25) is 9.89 Å². The average Bonchev–Trinajstić information content (AvgIpc) is 3.19. The van der Waals surface area contributed by atoms with Crippen molar-refractivity contribution in [3.05, 3.63) is 24.2 Å². The summed E-state index contributed by atoms with van der Waals surface area (Å²) in [5.74, 6) is 1.74. The lowest BCUT2D eigenvalue weighted by Crippen LogP contribution is -2.40. The number of morpholine rings is 1. The molecule has 0 spiro atoms. The predicted octanol–water partition coefficient (Wildman–Crippen LogP) is 0.0885. The zero-order valence-electron chi connectivity index (χ0n) is 15.5. The quantitative estimate of drug-likeness (QED) is 0.274. The number of hydrogen-bond acceptors (Lipinski definition) is 6. The van der Waals surface area contributed by atoms with E-state index in [2.05, 4.69) is 20.5 Å². The lowest BCUT2D eigenvalue weighted by Gasteiger charge is -2.26. The minimum Gasteiger partial charge on any atom is -0.469 e. The molecular formula is C18H32N4O4. The maximum absolute atomic E-state index is 8.73. The van der Waals surface area contributed by atoms with Crippen molar-refractivity contribution in [2.75, 3.05) is 72.3 Å². The summed E-state index contributed by atoms with van der Waals surface area (Å²) in [4.78, 5) is 7.06. The van der Waals surface area contributed by atoms with Gasteiger partial charge in [-0.05, 0) is 18.6 Å². The van der Waals surface area contributed by atoms with Crippen molar-refractivity contribution in [2.24, 2.45) is 4.99 Å². The fourth-order valence-electron chi connectivity index (χ4n) is 2.65. The summed E-state index contributed by atoms with van der Waals surface area (Å²) in [6, 6.07) is 3.86. The Balaban J connectivity index is 1.66. The SMILES string of the molecule is OCCOCCNC(=NCCCN1CCOCC1)NCCc1ccco1. The van der Waals surface area contributed by atoms with Crippen LogP contribution in [0.15, 0.2) is 27.8 Å². The number of hydrogen-bond donors (Lipinski definition) is 3. The van der Waals surface area contributed by atoms with Crippen LogP contribution in [-0.4, -0.2) is 88.3 Å². The lowest BCUT2D eigenvalue weighted by molar-refractivity contribution is 0.0377. The van der Waals surface area contributed by atoms with Crippen molar-refractivity contribution in [1.82, 2.24) is 15.5 Å². The Morgan fingerprint density at radius 2 is 2.08 bits per heavy atom. The molecule has 1 aromatic rings. The van der Waals surface area contributed by atoms with E-state index >= 15 is 0 Å². The number of aliphatic hydroxyl groups excluding tert-OH is 1. The minimum atomic E-state index is 0.0455. The highest BCUT2D eigenvalue weighted by atomic mass is 16.5. The maximum atomic E-state index is 8.73. The van der Waals surface area contributed by atoms with Gasteiger partial charge in [0, 0.05) is 45.7 Å². The number of furan rings is 1. The van der Waals surface area contributed by atoms with Crippen LogP contribution < -0.4 is 10.6 Å². The van der Waals surface area contributed by atoms with E-state index in [-0.39, 0.29) is 6.61 Å². The molecule has 0 bridgehead atoms. The van der Waals surface area contributed by atoms with Crippen molar-refractivity contribution >= 4 is 5.96 Å². The van der Waals surface area contributed by atoms with Crippen molar-refractivity contribution in [3.8, 4) is 0 Å². The molecule has 2 heterocycles. The van der Waals surface area contributed by atoms with Gasteiger partial charge < -0.3 is 29.6 Å². The molecule has 148 valence electrons. The number of ether oxygens (including phenoxy) is 2. The molecule has 2 rings (SSSR count). The molecule has 1 aliphatic heterocycles. The molecule has 0 unspecified atom stereocenters. The van der Waals surface area contributed by atoms with E-state index in [1.807, 2.05) is 12.1 Å². The van der Waals surface area contributed by atoms with Gasteiger partial charge in [0.2, 0.25) is 0 Å². The molecule has 0 saturated carbocycles. The molecule has 8 nitrogen and oxygen atoms in total. The zero-order chi connectivity index (χ0) is 18.3. The molecular weight excluding hydrogens is 336 g/mol. The molecule has 0 amide bonds. The number of rotatable bonds is 12. The van der Waals surface area contributed by atoms with Crippen molar-refractivity contribution in [2.45, 2.75) is 12.8 Å². The highest BCUT2D eigenvalue weighted by Crippen LogP contribution is 2.00. The van der Waals surface area contributed by atoms with E-state index < -0.39 is 0 Å². The summed E-state index contributed by atoms with van der Waals surface area (Å²) in [5.41, 5.74) is 0. The Labute approximate surface area is 155 Å². The van der Waals surface area contributed by atoms with Gasteiger partial charge >= 0.3 is 0 Å². The molecule has 1 fully saturated rings. The van der Waals surface area contributed by atoms with Crippen LogP contribution in [0.4, 0.5) is 0 Å². The summed E-state index contributed by atoms with van der Waals surface area (Å²) >= 11 is 0. The van der Waals surface area contributed by atoms with E-state index in [1.165, 1.54) is 0 Å². The average molecular weight is 368 g/mol. The Morgan fingerprint density at radius 1 is 1.23 bits per heavy atom. The minimum absolute atomic E-state index is 0.0455. The summed E-state index contributed by atoms with van der Waals surface area (Å²) < 4.78 is 16.0. The van der Waals surface area contributed by atoms with Gasteiger partial charge in [-0.1, -0.05) is 0 Å². The molecule has 0 atom stereocenters. The van der Waals surface area contributed by atoms with Gasteiger partial charge in [0.1, 0.15) is 5.76 Å². The molecule has 3 N–H and O–H groups in total. The third-order valence-corrected chi connectivity index (χ3v) is 4.02. The third-order valence-electron chi connectivity index (χ3n) is 4.02. The molecule has 26 heavy (non-hydrogen) atoms. The van der Waals surface area contributed by atoms with Crippen molar-refractivity contribution in [3.63, 3.8) is 0 Å². The highest BCUT2D eigenvalue weighted by molar-refractivity contribution is 5.79. The summed E-state index contributed by atoms with van der Waals surface area (Å²) in [6.07, 6.45) is 3.52. The number of aliphatic hydroxyl groups is 1. The molecule has 1 aromatic heterocycles. The normalized spacial score (nSPS) is 16.0. The van der Waals surface area contributed by atoms with Crippen LogP contribution in [-0.2, 0) is 15.9 Å². The molecule has 8 heteroatoms. The monoisotopic (exact) mass is 368 g/mol. The second kappa shape index (κ2) is 13.6. The Kier molecular flexibility index (Phi) is 10.8. The summed E-state index contributed by atoms with van der Waals surface area (Å²) in [5, 5.41) is 15.3. The predicted molar refractivity (Wildman–Crippen MR) is 101 cm³/mol. The first-order valence-corrected chi connectivity index (χ1v) is 9.42. The Morgan fingerprint density at radius 3 is 2.85 bits per heavy atom. The standard InChI is InChI=1S/C18H32N4O4/c23-11-16-24-13-7-21-18(20-6-4-17-3-1-12-26-17)19-5-2-8-22-9-14-25-15-10-22/h1,3,12,23H,2,4-11,13-16H2,(H2,19,20,21). The lowest BCUT2D eigenvalue weighted by atomic mass is 10.3. The molecule has 0 aliphatic carbocycles. The van der Waals surface area contributed by atoms with Gasteiger partial charge in [-0.2, -0.15) is 0 Å². The first-order chi connectivity index (χ1) is 12.9. The second-order valence-electron chi connectivity index (χ2n) is 6.06. The number of guanidine groups is 1. The molecule has 1 saturated heterocycles. The first kappa shape index (κ1) is 20.7. The third kappa shape index (κ3) is 9.19. The molecule has 0 radical (unpaired) electrons. The molecule has 1 aliphatic rings. The summed E-state index contributed by atoms with van der Waals surface area (Å²) in [7, 11) is 0. The van der Waals surface area contributed by atoms with Gasteiger partial charge in [0.05, 0.1) is 39.3 Å². The fourth-order valence-corrected chi connectivity index (χ4v) is 2.65. The number of nitrogens with one attached hydrogen (secondary N) is 2. The van der Waals surface area contributed by atoms with Gasteiger partial charge in [0.25, 0.3) is 0 Å². The van der Waals surface area contributed by atoms with Crippen LogP contribution in [0.5, 0.6) is 0 Å². The van der Waals surface area contributed by atoms with Gasteiger partial charge in [0.15, 0.2) is 5.96 Å². The van der Waals surface area contributed by atoms with Gasteiger partial charge in [-0.25, -0.2) is 0 Å². The van der Waals surface area contributed by atoms with E-state index in [4.69, 9.17) is 19.0 Å². The van der Waals surface area contributed by atoms with Crippen LogP contribution >= 0.6 is 0 Å². The van der Waals surface area contributed by atoms with Gasteiger partial charge in [-0.15, -0.1) is 0 Å². The Hall–Kier alpha value is -1.61. The molecule has 0 aromatic carbocycles. The van der Waals surface area contributed by atoms with E-state index in [1.54, 1.807) is 6.26 Å². The summed E-state index contributed by atoms with van der Waals surface area (Å²) in [6.45, 7) is 7.84. The Bertz CT molecular complexity index is 476. The van der Waals surface area contributed by atoms with Crippen molar-refractivity contribution in [1.29, 1.82) is 0 Å². The van der Waals surface area contributed by atoms with E-state index in [0.29, 0.717) is 19.8 Å².